The first-order valence-corrected chi connectivity index (χ1v) is 8.12. The lowest BCUT2D eigenvalue weighted by atomic mass is 10.1. The van der Waals surface area contributed by atoms with Gasteiger partial charge >= 0.3 is 6.09 Å². The molecule has 0 N–H and O–H groups in total. The number of methoxy groups -OCH3 is 2. The van der Waals surface area contributed by atoms with Crippen molar-refractivity contribution in [2.75, 3.05) is 28.3 Å². The van der Waals surface area contributed by atoms with Crippen molar-refractivity contribution in [3.63, 3.8) is 0 Å². The number of allylic oxidation sites excluding steroid dienone is 1. The van der Waals surface area contributed by atoms with E-state index in [1.54, 1.807) is 63.7 Å². The normalized spacial score (nSPS) is 13.8. The molecule has 1 aliphatic heterocycles. The van der Waals surface area contributed by atoms with Crippen molar-refractivity contribution in [3.8, 4) is 23.0 Å². The van der Waals surface area contributed by atoms with Gasteiger partial charge in [0.05, 0.1) is 19.8 Å². The van der Waals surface area contributed by atoms with Crippen LogP contribution < -0.4 is 18.9 Å². The lowest BCUT2D eigenvalue weighted by Crippen LogP contribution is -2.25. The Morgan fingerprint density at radius 1 is 1.04 bits per heavy atom. The van der Waals surface area contributed by atoms with Crippen LogP contribution in [0.3, 0.4) is 0 Å². The second kappa shape index (κ2) is 7.41. The molecule has 0 radical (unpaired) electrons. The maximum atomic E-state index is 12.5. The van der Waals surface area contributed by atoms with Crippen molar-refractivity contribution in [3.05, 3.63) is 53.3 Å². The second-order valence-corrected chi connectivity index (χ2v) is 5.97. The quantitative estimate of drug-likeness (QED) is 0.769. The molecule has 0 atom stereocenters. The predicted octanol–water partition coefficient (Wildman–Crippen LogP) is 3.38. The van der Waals surface area contributed by atoms with Gasteiger partial charge in [0, 0.05) is 20.2 Å². The predicted molar refractivity (Wildman–Crippen MR) is 98.6 cm³/mol. The van der Waals surface area contributed by atoms with E-state index in [9.17, 15) is 9.59 Å². The molecule has 0 spiro atoms. The van der Waals surface area contributed by atoms with Crippen LogP contribution in [0.15, 0.2) is 42.2 Å². The molecule has 0 aromatic heterocycles. The van der Waals surface area contributed by atoms with Gasteiger partial charge in [-0.1, -0.05) is 6.07 Å². The summed E-state index contributed by atoms with van der Waals surface area (Å²) in [5.74, 6) is 1.69. The standard InChI is InChI=1S/C20H19NO6/c1-21(2)20(23)27-15-8-5-12(9-17(15)25-4)10-18-19(22)14-7-6-13(24-3)11-16(14)26-18/h5-11H,1-4H3/b18-10+. The molecule has 27 heavy (non-hydrogen) atoms. The molecular weight excluding hydrogens is 350 g/mol. The Morgan fingerprint density at radius 2 is 1.81 bits per heavy atom. The molecule has 140 valence electrons. The lowest BCUT2D eigenvalue weighted by Gasteiger charge is -2.13. The van der Waals surface area contributed by atoms with E-state index in [0.717, 1.165) is 0 Å². The highest BCUT2D eigenvalue weighted by Gasteiger charge is 2.27. The van der Waals surface area contributed by atoms with Crippen molar-refractivity contribution >= 4 is 18.0 Å². The van der Waals surface area contributed by atoms with Crippen molar-refractivity contribution in [1.29, 1.82) is 0 Å². The van der Waals surface area contributed by atoms with Gasteiger partial charge in [0.1, 0.15) is 11.5 Å². The van der Waals surface area contributed by atoms with Gasteiger partial charge in [-0.2, -0.15) is 0 Å². The number of Topliss-reactive ketones (excluding diaryl/α,β-unsaturated/α-hetero) is 1. The number of benzene rings is 2. The molecule has 0 unspecified atom stereocenters. The summed E-state index contributed by atoms with van der Waals surface area (Å²) in [6, 6.07) is 10.0. The summed E-state index contributed by atoms with van der Waals surface area (Å²) in [6.45, 7) is 0. The van der Waals surface area contributed by atoms with Gasteiger partial charge in [0.25, 0.3) is 0 Å². The summed E-state index contributed by atoms with van der Waals surface area (Å²) < 4.78 is 21.3. The zero-order valence-electron chi connectivity index (χ0n) is 15.4. The summed E-state index contributed by atoms with van der Waals surface area (Å²) >= 11 is 0. The van der Waals surface area contributed by atoms with Gasteiger partial charge < -0.3 is 23.8 Å². The topological polar surface area (TPSA) is 74.3 Å². The fourth-order valence-corrected chi connectivity index (χ4v) is 2.49. The highest BCUT2D eigenvalue weighted by atomic mass is 16.6. The van der Waals surface area contributed by atoms with E-state index in [-0.39, 0.29) is 17.3 Å². The van der Waals surface area contributed by atoms with Crippen molar-refractivity contribution in [1.82, 2.24) is 4.90 Å². The van der Waals surface area contributed by atoms with Crippen LogP contribution in [0.4, 0.5) is 4.79 Å². The molecule has 0 saturated heterocycles. The molecule has 1 aliphatic rings. The Morgan fingerprint density at radius 3 is 2.48 bits per heavy atom. The summed E-state index contributed by atoms with van der Waals surface area (Å²) in [5.41, 5.74) is 1.14. The van der Waals surface area contributed by atoms with Gasteiger partial charge in [-0.25, -0.2) is 4.79 Å². The zero-order valence-corrected chi connectivity index (χ0v) is 15.4. The maximum Gasteiger partial charge on any atom is 0.414 e. The number of ether oxygens (including phenoxy) is 4. The van der Waals surface area contributed by atoms with E-state index >= 15 is 0 Å². The minimum absolute atomic E-state index is 0.193. The van der Waals surface area contributed by atoms with Gasteiger partial charge in [0.15, 0.2) is 17.3 Å². The SMILES string of the molecule is COc1ccc2c(c1)O/C(=C/c1ccc(OC(=O)N(C)C)c(OC)c1)C2=O. The lowest BCUT2D eigenvalue weighted by molar-refractivity contribution is 0.101. The molecule has 1 heterocycles. The molecule has 7 nitrogen and oxygen atoms in total. The Labute approximate surface area is 156 Å². The molecule has 0 fully saturated rings. The summed E-state index contributed by atoms with van der Waals surface area (Å²) in [4.78, 5) is 25.5. The summed E-state index contributed by atoms with van der Waals surface area (Å²) in [7, 11) is 6.19. The van der Waals surface area contributed by atoms with Crippen molar-refractivity contribution < 1.29 is 28.5 Å². The van der Waals surface area contributed by atoms with Crippen LogP contribution >= 0.6 is 0 Å². The molecular formula is C20H19NO6. The monoisotopic (exact) mass is 369 g/mol. The molecule has 7 heteroatoms. The van der Waals surface area contributed by atoms with Crippen LogP contribution in [0.5, 0.6) is 23.0 Å². The number of carbonyl (C=O) groups excluding carboxylic acids is 2. The molecule has 3 rings (SSSR count). The van der Waals surface area contributed by atoms with E-state index < -0.39 is 6.09 Å². The number of rotatable bonds is 4. The highest BCUT2D eigenvalue weighted by Crippen LogP contribution is 2.35. The average molecular weight is 369 g/mol. The largest absolute Gasteiger partial charge is 0.497 e. The van der Waals surface area contributed by atoms with Crippen LogP contribution in [0, 0.1) is 0 Å². The molecule has 1 amide bonds. The Hall–Kier alpha value is -3.48. The van der Waals surface area contributed by atoms with Gasteiger partial charge in [-0.3, -0.25) is 4.79 Å². The minimum atomic E-state index is -0.516. The number of amides is 1. The molecule has 0 bridgehead atoms. The average Bonchev–Trinajstić information content (AvgIpc) is 2.97. The summed E-state index contributed by atoms with van der Waals surface area (Å²) in [6.07, 6.45) is 1.09. The first kappa shape index (κ1) is 18.3. The Bertz CT molecular complexity index is 932. The third kappa shape index (κ3) is 3.72. The van der Waals surface area contributed by atoms with Crippen molar-refractivity contribution in [2.24, 2.45) is 0 Å². The molecule has 2 aromatic carbocycles. The van der Waals surface area contributed by atoms with Crippen LogP contribution in [0.2, 0.25) is 0 Å². The second-order valence-electron chi connectivity index (χ2n) is 5.97. The van der Waals surface area contributed by atoms with Gasteiger partial charge in [-0.05, 0) is 35.9 Å². The molecule has 0 aliphatic carbocycles. The minimum Gasteiger partial charge on any atom is -0.497 e. The van der Waals surface area contributed by atoms with Crippen LogP contribution in [-0.4, -0.2) is 45.1 Å². The van der Waals surface area contributed by atoms with Crippen LogP contribution in [0.1, 0.15) is 15.9 Å². The number of ketones is 1. The van der Waals surface area contributed by atoms with E-state index in [2.05, 4.69) is 0 Å². The molecule has 2 aromatic rings. The number of hydrogen-bond donors (Lipinski definition) is 0. The fraction of sp³-hybridized carbons (Fsp3) is 0.200. The van der Waals surface area contributed by atoms with Gasteiger partial charge in [-0.15, -0.1) is 0 Å². The van der Waals surface area contributed by atoms with E-state index in [1.165, 1.54) is 12.0 Å². The number of carbonyl (C=O) groups is 2. The van der Waals surface area contributed by atoms with Crippen LogP contribution in [-0.2, 0) is 0 Å². The number of hydrogen-bond acceptors (Lipinski definition) is 6. The fourth-order valence-electron chi connectivity index (χ4n) is 2.49. The third-order valence-electron chi connectivity index (χ3n) is 3.92. The van der Waals surface area contributed by atoms with E-state index in [4.69, 9.17) is 18.9 Å². The Kier molecular flexibility index (Phi) is 5.03. The van der Waals surface area contributed by atoms with Crippen LogP contribution in [0.25, 0.3) is 6.08 Å². The first-order valence-electron chi connectivity index (χ1n) is 8.12. The smallest absolute Gasteiger partial charge is 0.414 e. The maximum absolute atomic E-state index is 12.5. The summed E-state index contributed by atoms with van der Waals surface area (Å²) in [5, 5.41) is 0. The highest BCUT2D eigenvalue weighted by molar-refractivity contribution is 6.14. The molecule has 0 saturated carbocycles. The van der Waals surface area contributed by atoms with E-state index in [0.29, 0.717) is 28.4 Å². The number of fused-ring (bicyclic) bond motifs is 1. The van der Waals surface area contributed by atoms with Crippen molar-refractivity contribution in [2.45, 2.75) is 0 Å². The Balaban J connectivity index is 1.87. The number of nitrogens with zero attached hydrogens (tertiary/aromatic N) is 1. The van der Waals surface area contributed by atoms with E-state index in [1.807, 2.05) is 0 Å². The van der Waals surface area contributed by atoms with Gasteiger partial charge in [0.2, 0.25) is 5.78 Å². The first-order chi connectivity index (χ1) is 12.9. The third-order valence-corrected chi connectivity index (χ3v) is 3.92. The zero-order chi connectivity index (χ0) is 19.6.